The van der Waals surface area contributed by atoms with Crippen LogP contribution in [0.15, 0.2) is 41.3 Å². The molecule has 0 radical (unpaired) electrons. The van der Waals surface area contributed by atoms with Crippen LogP contribution in [0.2, 0.25) is 4.34 Å². The number of carbonyl (C=O) groups is 1. The quantitative estimate of drug-likeness (QED) is 0.397. The summed E-state index contributed by atoms with van der Waals surface area (Å²) in [4.78, 5) is 21.8. The first kappa shape index (κ1) is 21.6. The highest BCUT2D eigenvalue weighted by Gasteiger charge is 2.15. The van der Waals surface area contributed by atoms with Gasteiger partial charge in [0, 0.05) is 33.9 Å². The second-order valence-electron chi connectivity index (χ2n) is 6.02. The molecule has 0 spiro atoms. The third-order valence-electron chi connectivity index (χ3n) is 4.03. The highest BCUT2D eigenvalue weighted by molar-refractivity contribution is 7.94. The predicted molar refractivity (Wildman–Crippen MR) is 118 cm³/mol. The van der Waals surface area contributed by atoms with Crippen molar-refractivity contribution in [3.8, 4) is 10.7 Å². The zero-order valence-electron chi connectivity index (χ0n) is 15.9. The Hall–Kier alpha value is -2.13. The molecular weight excluding hydrogens is 430 g/mol. The minimum atomic E-state index is -0.999. The number of aryl methyl sites for hydroxylation is 1. The highest BCUT2D eigenvalue weighted by Crippen LogP contribution is 2.32. The van der Waals surface area contributed by atoms with Crippen molar-refractivity contribution in [1.82, 2.24) is 9.97 Å². The molecule has 0 aliphatic heterocycles. The SMILES string of the molecule is CCc1nc(-c2ccc(Cl)s2)nc(Nc2ccc(SOCC(=O)O)cc2)c1CC. The molecular formula is C20H20ClN3O3S2. The molecule has 9 heteroatoms. The number of carboxylic acids is 1. The molecule has 0 aliphatic rings. The molecule has 29 heavy (non-hydrogen) atoms. The van der Waals surface area contributed by atoms with Gasteiger partial charge in [0.1, 0.15) is 5.82 Å². The summed E-state index contributed by atoms with van der Waals surface area (Å²) in [5, 5.41) is 12.0. The van der Waals surface area contributed by atoms with Gasteiger partial charge in [0.2, 0.25) is 0 Å². The Morgan fingerprint density at radius 1 is 1.17 bits per heavy atom. The Bertz CT molecular complexity index is 993. The maximum absolute atomic E-state index is 10.5. The molecule has 1 aromatic carbocycles. The van der Waals surface area contributed by atoms with Gasteiger partial charge in [0.25, 0.3) is 0 Å². The maximum Gasteiger partial charge on any atom is 0.331 e. The summed E-state index contributed by atoms with van der Waals surface area (Å²) in [6, 6.07) is 11.3. The van der Waals surface area contributed by atoms with Crippen molar-refractivity contribution in [2.45, 2.75) is 31.6 Å². The zero-order chi connectivity index (χ0) is 20.8. The van der Waals surface area contributed by atoms with Crippen molar-refractivity contribution in [1.29, 1.82) is 0 Å². The number of aliphatic carboxylic acids is 1. The fourth-order valence-electron chi connectivity index (χ4n) is 2.72. The first-order chi connectivity index (χ1) is 14.0. The normalized spacial score (nSPS) is 10.9. The standard InChI is InChI=1S/C20H20ClN3O3S2/c1-3-14-15(4-2)23-20(16-9-10-17(21)28-16)24-19(14)22-12-5-7-13(8-6-12)29-27-11-18(25)26/h5-10H,3-4,11H2,1-2H3,(H,25,26)(H,22,23,24). The van der Waals surface area contributed by atoms with E-state index < -0.39 is 5.97 Å². The number of rotatable bonds is 9. The van der Waals surface area contributed by atoms with E-state index in [0.717, 1.165) is 57.4 Å². The Morgan fingerprint density at radius 2 is 1.93 bits per heavy atom. The number of aromatic nitrogens is 2. The summed E-state index contributed by atoms with van der Waals surface area (Å²) in [6.45, 7) is 3.82. The van der Waals surface area contributed by atoms with E-state index in [2.05, 4.69) is 19.2 Å². The number of anilines is 2. The van der Waals surface area contributed by atoms with Crippen LogP contribution in [-0.4, -0.2) is 27.7 Å². The van der Waals surface area contributed by atoms with Gasteiger partial charge in [-0.25, -0.2) is 14.8 Å². The number of halogens is 1. The van der Waals surface area contributed by atoms with Crippen LogP contribution in [0.5, 0.6) is 0 Å². The number of hydrogen-bond donors (Lipinski definition) is 2. The van der Waals surface area contributed by atoms with Gasteiger partial charge in [0.15, 0.2) is 12.4 Å². The molecule has 0 atom stereocenters. The molecule has 2 aromatic heterocycles. The van der Waals surface area contributed by atoms with Crippen LogP contribution in [0.3, 0.4) is 0 Å². The monoisotopic (exact) mass is 449 g/mol. The van der Waals surface area contributed by atoms with Crippen molar-refractivity contribution >= 4 is 52.5 Å². The summed E-state index contributed by atoms with van der Waals surface area (Å²) in [6.07, 6.45) is 1.62. The van der Waals surface area contributed by atoms with Crippen LogP contribution in [0.25, 0.3) is 10.7 Å². The molecule has 0 saturated carbocycles. The Kier molecular flexibility index (Phi) is 7.49. The number of thiophene rings is 1. The summed E-state index contributed by atoms with van der Waals surface area (Å²) < 4.78 is 5.74. The highest BCUT2D eigenvalue weighted by atomic mass is 35.5. The van der Waals surface area contributed by atoms with E-state index >= 15 is 0 Å². The van der Waals surface area contributed by atoms with E-state index in [9.17, 15) is 4.79 Å². The molecule has 3 rings (SSSR count). The van der Waals surface area contributed by atoms with E-state index in [1.165, 1.54) is 11.3 Å². The number of benzene rings is 1. The van der Waals surface area contributed by atoms with Crippen LogP contribution >= 0.6 is 35.0 Å². The number of nitrogens with zero attached hydrogens (tertiary/aromatic N) is 2. The Labute approximate surface area is 182 Å². The van der Waals surface area contributed by atoms with Gasteiger partial charge in [-0.05, 0) is 49.2 Å². The third kappa shape index (κ3) is 5.70. The summed E-state index contributed by atoms with van der Waals surface area (Å²) in [7, 11) is 0. The van der Waals surface area contributed by atoms with Crippen LogP contribution in [0, 0.1) is 0 Å². The summed E-state index contributed by atoms with van der Waals surface area (Å²) in [5.41, 5.74) is 2.97. The van der Waals surface area contributed by atoms with Crippen molar-refractivity contribution < 1.29 is 14.1 Å². The van der Waals surface area contributed by atoms with Crippen molar-refractivity contribution in [2.75, 3.05) is 11.9 Å². The second kappa shape index (κ2) is 10.1. The van der Waals surface area contributed by atoms with Crippen molar-refractivity contribution in [3.05, 3.63) is 52.0 Å². The van der Waals surface area contributed by atoms with E-state index in [-0.39, 0.29) is 6.61 Å². The van der Waals surface area contributed by atoms with Crippen molar-refractivity contribution in [2.24, 2.45) is 0 Å². The minimum Gasteiger partial charge on any atom is -0.479 e. The molecule has 0 fully saturated rings. The third-order valence-corrected chi connectivity index (χ3v) is 5.96. The van der Waals surface area contributed by atoms with Gasteiger partial charge >= 0.3 is 5.97 Å². The zero-order valence-corrected chi connectivity index (χ0v) is 18.3. The summed E-state index contributed by atoms with van der Waals surface area (Å²) >= 11 is 8.57. The van der Waals surface area contributed by atoms with Gasteiger partial charge in [-0.15, -0.1) is 11.3 Å². The Balaban J connectivity index is 1.84. The van der Waals surface area contributed by atoms with Gasteiger partial charge in [-0.2, -0.15) is 0 Å². The second-order valence-corrected chi connectivity index (χ2v) is 8.61. The minimum absolute atomic E-state index is 0.346. The van der Waals surface area contributed by atoms with Crippen LogP contribution in [0.4, 0.5) is 11.5 Å². The van der Waals surface area contributed by atoms with E-state index in [1.807, 2.05) is 36.4 Å². The molecule has 0 aliphatic carbocycles. The van der Waals surface area contributed by atoms with Crippen molar-refractivity contribution in [3.63, 3.8) is 0 Å². The van der Waals surface area contributed by atoms with E-state index in [1.54, 1.807) is 0 Å². The van der Waals surface area contributed by atoms with Crippen LogP contribution in [0.1, 0.15) is 25.1 Å². The molecule has 6 nitrogen and oxygen atoms in total. The number of carboxylic acid groups (broad SMARTS) is 1. The average Bonchev–Trinajstić information content (AvgIpc) is 3.14. The largest absolute Gasteiger partial charge is 0.479 e. The lowest BCUT2D eigenvalue weighted by Crippen LogP contribution is -2.06. The lowest BCUT2D eigenvalue weighted by molar-refractivity contribution is -0.138. The first-order valence-electron chi connectivity index (χ1n) is 9.04. The van der Waals surface area contributed by atoms with Gasteiger partial charge in [-0.1, -0.05) is 25.4 Å². The molecule has 0 unspecified atom stereocenters. The fraction of sp³-hybridized carbons (Fsp3) is 0.250. The van der Waals surface area contributed by atoms with Gasteiger partial charge in [-0.3, -0.25) is 4.18 Å². The summed E-state index contributed by atoms with van der Waals surface area (Å²) in [5.74, 6) is 0.440. The van der Waals surface area contributed by atoms with E-state index in [4.69, 9.17) is 30.9 Å². The van der Waals surface area contributed by atoms with Crippen LogP contribution < -0.4 is 5.32 Å². The van der Waals surface area contributed by atoms with Crippen LogP contribution in [-0.2, 0) is 21.8 Å². The number of hydrogen-bond acceptors (Lipinski definition) is 7. The molecule has 0 saturated heterocycles. The molecule has 2 heterocycles. The van der Waals surface area contributed by atoms with E-state index in [0.29, 0.717) is 10.2 Å². The lowest BCUT2D eigenvalue weighted by atomic mass is 10.1. The maximum atomic E-state index is 10.5. The predicted octanol–water partition coefficient (Wildman–Crippen LogP) is 5.84. The average molecular weight is 450 g/mol. The van der Waals surface area contributed by atoms with Gasteiger partial charge in [0.05, 0.1) is 9.21 Å². The Morgan fingerprint density at radius 3 is 2.52 bits per heavy atom. The molecule has 152 valence electrons. The fourth-order valence-corrected chi connectivity index (χ4v) is 4.24. The molecule has 0 bridgehead atoms. The molecule has 2 N–H and O–H groups in total. The van der Waals surface area contributed by atoms with Gasteiger partial charge < -0.3 is 10.4 Å². The first-order valence-corrected chi connectivity index (χ1v) is 11.0. The number of nitrogens with one attached hydrogen (secondary N) is 1. The molecule has 0 amide bonds. The smallest absolute Gasteiger partial charge is 0.331 e. The molecule has 3 aromatic rings. The lowest BCUT2D eigenvalue weighted by Gasteiger charge is -2.15. The topological polar surface area (TPSA) is 84.3 Å².